The van der Waals surface area contributed by atoms with E-state index in [1.807, 2.05) is 0 Å². The van der Waals surface area contributed by atoms with Gasteiger partial charge in [-0.25, -0.2) is 0 Å². The number of para-hydroxylation sites is 1. The van der Waals surface area contributed by atoms with Gasteiger partial charge in [0.05, 0.1) is 11.4 Å². The zero-order valence-corrected chi connectivity index (χ0v) is 63.2. The third-order valence-corrected chi connectivity index (χ3v) is 26.7. The minimum atomic E-state index is -0.319. The fraction of sp³-hybridized carbons (Fsp3) is 0.287. The number of furan rings is 2. The summed E-state index contributed by atoms with van der Waals surface area (Å²) in [6.07, 6.45) is 10.6. The van der Waals surface area contributed by atoms with E-state index in [-0.39, 0.29) is 44.8 Å². The first kappa shape index (κ1) is 64.4. The molecule has 4 heteroatoms. The van der Waals surface area contributed by atoms with Crippen molar-refractivity contribution in [2.75, 3.05) is 9.80 Å². The molecule has 2 heterocycles. The molecule has 6 aliphatic carbocycles. The Morgan fingerprint density at radius 2 is 0.810 bits per heavy atom. The Bertz CT molecular complexity index is 6000. The molecule has 2 fully saturated rings. The molecule has 6 aliphatic rings. The lowest BCUT2D eigenvalue weighted by Crippen LogP contribution is -2.21. The van der Waals surface area contributed by atoms with Gasteiger partial charge < -0.3 is 18.6 Å². The highest BCUT2D eigenvalue weighted by Crippen LogP contribution is 2.62. The van der Waals surface area contributed by atoms with E-state index in [1.165, 1.54) is 185 Å². The maximum atomic E-state index is 7.67. The van der Waals surface area contributed by atoms with Crippen molar-refractivity contribution in [3.8, 4) is 44.5 Å². The van der Waals surface area contributed by atoms with E-state index in [2.05, 4.69) is 317 Å². The summed E-state index contributed by atoms with van der Waals surface area (Å²) < 4.78 is 14.8. The van der Waals surface area contributed by atoms with Gasteiger partial charge in [0.2, 0.25) is 0 Å². The third kappa shape index (κ3) is 9.29. The SMILES string of the molecule is CC(C)c1cc(N(c2ccc3c(c2)C(C)(C)c2ccccc2-3)c2ccc3c(c2)C2(CCCC2)c2ccccc2-3)c2oc3c(C(C)C)cc(C(C)Cc4cccc5c4C(C)(C)c4cc(N(c6ccc7c(c6)C6(CCCC6)c6ccccc6-7)c6cc(C(C)(C)C)cc7c6oc6ccccc67)ccc4-5)cc3c2c1. The molecule has 0 saturated heterocycles. The van der Waals surface area contributed by atoms with Crippen LogP contribution in [0.1, 0.15) is 225 Å². The number of hydrogen-bond acceptors (Lipinski definition) is 4. The molecule has 2 saturated carbocycles. The van der Waals surface area contributed by atoms with Crippen LogP contribution in [0, 0.1) is 0 Å². The van der Waals surface area contributed by atoms with Gasteiger partial charge in [-0.05, 0) is 257 Å². The lowest BCUT2D eigenvalue weighted by molar-refractivity contribution is 0.550. The van der Waals surface area contributed by atoms with Crippen molar-refractivity contribution in [1.82, 2.24) is 0 Å². The van der Waals surface area contributed by atoms with Gasteiger partial charge in [0.25, 0.3) is 0 Å². The van der Waals surface area contributed by atoms with Crippen molar-refractivity contribution in [2.45, 2.75) is 186 Å². The van der Waals surface area contributed by atoms with Gasteiger partial charge >= 0.3 is 0 Å². The zero-order valence-electron chi connectivity index (χ0n) is 63.2. The van der Waals surface area contributed by atoms with Crippen molar-refractivity contribution in [3.05, 3.63) is 297 Å². The Hall–Kier alpha value is -10.2. The molecule has 12 aromatic carbocycles. The minimum absolute atomic E-state index is 0.00801. The summed E-state index contributed by atoms with van der Waals surface area (Å²) >= 11 is 0. The van der Waals surface area contributed by atoms with Crippen LogP contribution in [0.2, 0.25) is 0 Å². The van der Waals surface area contributed by atoms with Crippen molar-refractivity contribution < 1.29 is 8.83 Å². The van der Waals surface area contributed by atoms with E-state index in [0.29, 0.717) is 0 Å². The van der Waals surface area contributed by atoms with Crippen molar-refractivity contribution in [3.63, 3.8) is 0 Å². The molecule has 520 valence electrons. The Kier molecular flexibility index (Phi) is 14.1. The molecule has 4 nitrogen and oxygen atoms in total. The van der Waals surface area contributed by atoms with Crippen LogP contribution in [0.5, 0.6) is 0 Å². The highest BCUT2D eigenvalue weighted by Gasteiger charge is 2.48. The van der Waals surface area contributed by atoms with Crippen molar-refractivity contribution >= 4 is 78.0 Å². The number of anilines is 6. The molecule has 14 aromatic rings. The van der Waals surface area contributed by atoms with Crippen LogP contribution in [-0.4, -0.2) is 0 Å². The average Bonchev–Trinajstić information content (AvgIpc) is 1.57. The van der Waals surface area contributed by atoms with Gasteiger partial charge in [-0.3, -0.25) is 0 Å². The quantitative estimate of drug-likeness (QED) is 0.129. The maximum Gasteiger partial charge on any atom is 0.159 e. The van der Waals surface area contributed by atoms with E-state index in [1.54, 1.807) is 0 Å². The van der Waals surface area contributed by atoms with Gasteiger partial charge in [-0.1, -0.05) is 248 Å². The maximum absolute atomic E-state index is 7.67. The first-order chi connectivity index (χ1) is 50.7. The summed E-state index contributed by atoms with van der Waals surface area (Å²) in [5, 5.41) is 4.68. The highest BCUT2D eigenvalue weighted by molar-refractivity contribution is 6.13. The standard InChI is InChI=1S/C101H94N2O2/c1-59(2)63-49-81-80-51-64(50-79(60(3)4)94(80)105-96(81)90(52-63)102(66-36-40-73-70-27-13-17-32-83(70)98(9,10)86(73)55-66)68-37-41-74-71-28-14-18-33-84(71)100(88(74)57-68)44-21-22-45-100)61(5)48-62-26-25-31-78-76-43-39-67(56-87(76)99(11,12)93(62)78)103(91-54-65(97(6,7)8)53-82-77-30-16-20-35-92(77)104-95(82)91)69-38-42-75-72-29-15-19-34-85(72)101(89(75)58-69)46-23-24-47-101/h13-20,25-43,49-61H,21-24,44-48H2,1-12H3. The Labute approximate surface area is 619 Å². The lowest BCUT2D eigenvalue weighted by atomic mass is 9.76. The molecule has 20 rings (SSSR count). The second-order valence-corrected chi connectivity index (χ2v) is 35.0. The predicted octanol–water partition coefficient (Wildman–Crippen LogP) is 28.6. The highest BCUT2D eigenvalue weighted by atomic mass is 16.3. The number of hydrogen-bond donors (Lipinski definition) is 0. The molecule has 2 aromatic heterocycles. The molecule has 2 spiro atoms. The molecule has 0 bridgehead atoms. The van der Waals surface area contributed by atoms with Crippen LogP contribution in [-0.2, 0) is 33.5 Å². The summed E-state index contributed by atoms with van der Waals surface area (Å²) in [5.41, 5.74) is 38.9. The van der Waals surface area contributed by atoms with Crippen molar-refractivity contribution in [1.29, 1.82) is 0 Å². The average molecular weight is 1370 g/mol. The first-order valence-corrected chi connectivity index (χ1v) is 39.3. The number of fused-ring (bicyclic) bond motifs is 22. The molecule has 0 N–H and O–H groups in total. The van der Waals surface area contributed by atoms with Crippen LogP contribution in [0.3, 0.4) is 0 Å². The van der Waals surface area contributed by atoms with E-state index in [4.69, 9.17) is 8.83 Å². The normalized spacial score (nSPS) is 16.7. The predicted molar refractivity (Wildman–Crippen MR) is 440 cm³/mol. The van der Waals surface area contributed by atoms with Gasteiger partial charge in [0.15, 0.2) is 11.2 Å². The van der Waals surface area contributed by atoms with Crippen molar-refractivity contribution in [2.24, 2.45) is 0 Å². The lowest BCUT2D eigenvalue weighted by Gasteiger charge is -2.32. The first-order valence-electron chi connectivity index (χ1n) is 39.3. The van der Waals surface area contributed by atoms with Gasteiger partial charge in [0, 0.05) is 66.0 Å². The summed E-state index contributed by atoms with van der Waals surface area (Å²) in [4.78, 5) is 5.14. The number of nitrogens with zero attached hydrogens (tertiary/aromatic N) is 2. The molecular formula is C101H94N2O2. The molecular weight excluding hydrogens is 1270 g/mol. The second-order valence-electron chi connectivity index (χ2n) is 35.0. The van der Waals surface area contributed by atoms with E-state index < -0.39 is 0 Å². The van der Waals surface area contributed by atoms with E-state index >= 15 is 0 Å². The third-order valence-electron chi connectivity index (χ3n) is 26.7. The number of rotatable bonds is 11. The molecule has 0 amide bonds. The van der Waals surface area contributed by atoms with Crippen LogP contribution in [0.4, 0.5) is 34.1 Å². The molecule has 0 aliphatic heterocycles. The van der Waals surface area contributed by atoms with Gasteiger partial charge in [-0.2, -0.15) is 0 Å². The molecule has 1 atom stereocenters. The molecule has 105 heavy (non-hydrogen) atoms. The smallest absolute Gasteiger partial charge is 0.159 e. The summed E-state index contributed by atoms with van der Waals surface area (Å²) in [5.74, 6) is 0.660. The topological polar surface area (TPSA) is 32.8 Å². The van der Waals surface area contributed by atoms with E-state index in [9.17, 15) is 0 Å². The fourth-order valence-corrected chi connectivity index (χ4v) is 21.3. The molecule has 0 radical (unpaired) electrons. The Morgan fingerprint density at radius 3 is 1.38 bits per heavy atom. The summed E-state index contributed by atoms with van der Waals surface area (Å²) in [6, 6.07) is 87.7. The minimum Gasteiger partial charge on any atom is -0.454 e. The molecule has 1 unspecified atom stereocenters. The largest absolute Gasteiger partial charge is 0.454 e. The van der Waals surface area contributed by atoms with Crippen LogP contribution >= 0.6 is 0 Å². The summed E-state index contributed by atoms with van der Waals surface area (Å²) in [6.45, 7) is 28.7. The fourth-order valence-electron chi connectivity index (χ4n) is 21.3. The van der Waals surface area contributed by atoms with Gasteiger partial charge in [0.1, 0.15) is 11.2 Å². The van der Waals surface area contributed by atoms with Crippen LogP contribution in [0.15, 0.2) is 233 Å². The van der Waals surface area contributed by atoms with Crippen LogP contribution in [0.25, 0.3) is 88.4 Å². The summed E-state index contributed by atoms with van der Waals surface area (Å²) in [7, 11) is 0. The van der Waals surface area contributed by atoms with E-state index in [0.717, 1.165) is 68.0 Å². The second kappa shape index (κ2) is 22.9. The zero-order chi connectivity index (χ0) is 71.5. The Balaban J connectivity index is 0.710. The van der Waals surface area contributed by atoms with Gasteiger partial charge in [-0.15, -0.1) is 0 Å². The Morgan fingerprint density at radius 1 is 0.362 bits per heavy atom. The monoisotopic (exact) mass is 1370 g/mol. The number of benzene rings is 12. The van der Waals surface area contributed by atoms with Crippen LogP contribution < -0.4 is 9.80 Å².